The Morgan fingerprint density at radius 3 is 1.79 bits per heavy atom. The van der Waals surface area contributed by atoms with Gasteiger partial charge in [-0.15, -0.1) is 0 Å². The fourth-order valence-electron chi connectivity index (χ4n) is 3.58. The predicted molar refractivity (Wildman–Crippen MR) is 111 cm³/mol. The van der Waals surface area contributed by atoms with Crippen LogP contribution in [0.1, 0.15) is 76.7 Å². The van der Waals surface area contributed by atoms with Gasteiger partial charge in [0.15, 0.2) is 11.5 Å². The van der Waals surface area contributed by atoms with Crippen LogP contribution in [0.15, 0.2) is 53.0 Å². The zero-order valence-corrected chi connectivity index (χ0v) is 16.9. The number of hydrogen-bond donors (Lipinski definition) is 2. The van der Waals surface area contributed by atoms with E-state index in [-0.39, 0.29) is 17.6 Å². The highest BCUT2D eigenvalue weighted by Gasteiger charge is 2.34. The lowest BCUT2D eigenvalue weighted by Gasteiger charge is -2.18. The number of carbonyl (C=O) groups excluding carboxylic acids is 2. The Morgan fingerprint density at radius 1 is 0.679 bits per heavy atom. The second-order valence-corrected chi connectivity index (χ2v) is 7.55. The van der Waals surface area contributed by atoms with E-state index in [9.17, 15) is 19.8 Å². The van der Waals surface area contributed by atoms with Crippen molar-refractivity contribution >= 4 is 11.6 Å². The van der Waals surface area contributed by atoms with Gasteiger partial charge in [0.25, 0.3) is 0 Å². The largest absolute Gasteiger partial charge is 0.504 e. The van der Waals surface area contributed by atoms with Gasteiger partial charge in [-0.2, -0.15) is 0 Å². The summed E-state index contributed by atoms with van der Waals surface area (Å²) >= 11 is 0. The van der Waals surface area contributed by atoms with E-state index in [4.69, 9.17) is 0 Å². The van der Waals surface area contributed by atoms with Gasteiger partial charge in [0.2, 0.25) is 11.6 Å². The van der Waals surface area contributed by atoms with Crippen molar-refractivity contribution in [2.75, 3.05) is 0 Å². The van der Waals surface area contributed by atoms with E-state index in [1.54, 1.807) is 0 Å². The molecule has 1 aliphatic carbocycles. The first kappa shape index (κ1) is 21.9. The Bertz CT molecular complexity index is 728. The van der Waals surface area contributed by atoms with Gasteiger partial charge in [-0.05, 0) is 18.4 Å². The smallest absolute Gasteiger partial charge is 0.227 e. The average molecular weight is 385 g/mol. The van der Waals surface area contributed by atoms with Crippen LogP contribution in [0.2, 0.25) is 0 Å². The van der Waals surface area contributed by atoms with Crippen LogP contribution >= 0.6 is 0 Å². The van der Waals surface area contributed by atoms with Crippen LogP contribution in [0.4, 0.5) is 0 Å². The van der Waals surface area contributed by atoms with E-state index >= 15 is 0 Å². The minimum Gasteiger partial charge on any atom is -0.504 e. The molecule has 0 atom stereocenters. The molecule has 0 heterocycles. The molecule has 0 radical (unpaired) electrons. The summed E-state index contributed by atoms with van der Waals surface area (Å²) in [4.78, 5) is 24.9. The zero-order chi connectivity index (χ0) is 20.4. The van der Waals surface area contributed by atoms with Crippen molar-refractivity contribution in [3.63, 3.8) is 0 Å². The quantitative estimate of drug-likeness (QED) is 0.346. The van der Waals surface area contributed by atoms with Crippen LogP contribution in [-0.4, -0.2) is 21.8 Å². The van der Waals surface area contributed by atoms with Crippen molar-refractivity contribution in [3.8, 4) is 0 Å². The number of hydrogen-bond acceptors (Lipinski definition) is 4. The fourth-order valence-corrected chi connectivity index (χ4v) is 3.58. The average Bonchev–Trinajstić information content (AvgIpc) is 2.71. The molecule has 0 spiro atoms. The minimum absolute atomic E-state index is 0.0236. The van der Waals surface area contributed by atoms with Crippen LogP contribution in [0.25, 0.3) is 0 Å². The first-order valence-corrected chi connectivity index (χ1v) is 10.5. The van der Waals surface area contributed by atoms with Gasteiger partial charge in [-0.3, -0.25) is 9.59 Å². The third-order valence-electron chi connectivity index (χ3n) is 5.30. The summed E-state index contributed by atoms with van der Waals surface area (Å²) < 4.78 is 0. The monoisotopic (exact) mass is 384 g/mol. The number of allylic oxidation sites excluding steroid dienone is 2. The molecule has 1 aromatic rings. The summed E-state index contributed by atoms with van der Waals surface area (Å²) in [6.45, 7) is 2.21. The summed E-state index contributed by atoms with van der Waals surface area (Å²) in [5.41, 5.74) is 0.840. The number of carbonyl (C=O) groups is 2. The van der Waals surface area contributed by atoms with Crippen LogP contribution in [0, 0.1) is 0 Å². The summed E-state index contributed by atoms with van der Waals surface area (Å²) in [6, 6.07) is 9.14. The molecule has 0 saturated carbocycles. The number of Topliss-reactive ketones (excluding diaryl/α,β-unsaturated/α-hetero) is 2. The Kier molecular flexibility index (Phi) is 8.99. The number of rotatable bonds is 12. The molecule has 4 nitrogen and oxygen atoms in total. The first-order chi connectivity index (χ1) is 13.6. The van der Waals surface area contributed by atoms with Crippen molar-refractivity contribution in [2.45, 2.75) is 77.6 Å². The molecule has 0 amide bonds. The molecule has 1 aliphatic rings. The van der Waals surface area contributed by atoms with Gasteiger partial charge < -0.3 is 10.2 Å². The van der Waals surface area contributed by atoms with Gasteiger partial charge in [0.1, 0.15) is 0 Å². The number of aliphatic hydroxyl groups is 2. The van der Waals surface area contributed by atoms with Crippen molar-refractivity contribution in [2.24, 2.45) is 0 Å². The third kappa shape index (κ3) is 6.08. The number of aliphatic hydroxyl groups excluding tert-OH is 2. The molecule has 0 saturated heterocycles. The first-order valence-electron chi connectivity index (χ1n) is 10.5. The molecule has 0 unspecified atom stereocenters. The molecule has 1 aromatic carbocycles. The Hall–Kier alpha value is -2.36. The van der Waals surface area contributed by atoms with Crippen molar-refractivity contribution in [3.05, 3.63) is 58.6 Å². The standard InChI is InChI=1S/C24H32O4/c1-2-3-4-5-6-7-8-9-13-16-19-21(25)23(27)20(24(28)22(19)26)17-18-14-11-10-12-15-18/h10-12,14-15,25,28H,2-9,13,16-17H2,1H3. The molecular weight excluding hydrogens is 352 g/mol. The summed E-state index contributed by atoms with van der Waals surface area (Å²) in [5.74, 6) is -2.25. The highest BCUT2D eigenvalue weighted by Crippen LogP contribution is 2.28. The molecule has 28 heavy (non-hydrogen) atoms. The zero-order valence-electron chi connectivity index (χ0n) is 16.9. The maximum Gasteiger partial charge on any atom is 0.227 e. The molecule has 2 N–H and O–H groups in total. The Balaban J connectivity index is 1.84. The van der Waals surface area contributed by atoms with Gasteiger partial charge >= 0.3 is 0 Å². The molecule has 152 valence electrons. The second kappa shape index (κ2) is 11.5. The van der Waals surface area contributed by atoms with E-state index in [1.165, 1.54) is 38.5 Å². The van der Waals surface area contributed by atoms with Gasteiger partial charge in [-0.1, -0.05) is 88.6 Å². The van der Waals surface area contributed by atoms with E-state index in [0.29, 0.717) is 6.42 Å². The third-order valence-corrected chi connectivity index (χ3v) is 5.30. The highest BCUT2D eigenvalue weighted by atomic mass is 16.3. The maximum absolute atomic E-state index is 12.5. The molecule has 0 fully saturated rings. The SMILES string of the molecule is CCCCCCCCCCCC1=C(O)C(=O)C(Cc2ccccc2)=C(O)C1=O. The minimum atomic E-state index is -0.633. The second-order valence-electron chi connectivity index (χ2n) is 7.55. The van der Waals surface area contributed by atoms with Crippen molar-refractivity contribution in [1.82, 2.24) is 0 Å². The lowest BCUT2D eigenvalue weighted by Crippen LogP contribution is -2.25. The van der Waals surface area contributed by atoms with Crippen molar-refractivity contribution < 1.29 is 19.8 Å². The molecule has 4 heteroatoms. The van der Waals surface area contributed by atoms with Crippen LogP contribution < -0.4 is 0 Å². The normalized spacial score (nSPS) is 14.9. The van der Waals surface area contributed by atoms with Gasteiger partial charge in [0.05, 0.1) is 5.57 Å². The fraction of sp³-hybridized carbons (Fsp3) is 0.500. The molecule has 0 bridgehead atoms. The van der Waals surface area contributed by atoms with Crippen LogP contribution in [0.3, 0.4) is 0 Å². The van der Waals surface area contributed by atoms with Crippen LogP contribution in [-0.2, 0) is 16.0 Å². The predicted octanol–water partition coefficient (Wildman–Crippen LogP) is 5.93. The van der Waals surface area contributed by atoms with Crippen molar-refractivity contribution in [1.29, 1.82) is 0 Å². The van der Waals surface area contributed by atoms with E-state index < -0.39 is 23.1 Å². The highest BCUT2D eigenvalue weighted by molar-refractivity contribution is 6.23. The summed E-state index contributed by atoms with van der Waals surface area (Å²) in [6.07, 6.45) is 10.8. The van der Waals surface area contributed by atoms with E-state index in [2.05, 4.69) is 6.92 Å². The summed E-state index contributed by atoms with van der Waals surface area (Å²) in [5, 5.41) is 20.5. The Labute approximate surface area is 168 Å². The van der Waals surface area contributed by atoms with E-state index in [1.807, 2.05) is 30.3 Å². The van der Waals surface area contributed by atoms with Gasteiger partial charge in [-0.25, -0.2) is 0 Å². The topological polar surface area (TPSA) is 74.6 Å². The van der Waals surface area contributed by atoms with E-state index in [0.717, 1.165) is 24.8 Å². The number of unbranched alkanes of at least 4 members (excludes halogenated alkanes) is 8. The molecule has 0 aliphatic heterocycles. The summed E-state index contributed by atoms with van der Waals surface area (Å²) in [7, 11) is 0. The van der Waals surface area contributed by atoms with Gasteiger partial charge in [0, 0.05) is 12.0 Å². The molecular formula is C24H32O4. The number of benzene rings is 1. The van der Waals surface area contributed by atoms with Crippen LogP contribution in [0.5, 0.6) is 0 Å². The molecule has 2 rings (SSSR count). The lowest BCUT2D eigenvalue weighted by molar-refractivity contribution is -0.120. The number of ketones is 2. The molecule has 0 aromatic heterocycles. The Morgan fingerprint density at radius 2 is 1.18 bits per heavy atom. The lowest BCUT2D eigenvalue weighted by atomic mass is 9.87. The maximum atomic E-state index is 12.5.